The summed E-state index contributed by atoms with van der Waals surface area (Å²) in [5.74, 6) is 0. The molecule has 0 spiro atoms. The van der Waals surface area contributed by atoms with Crippen molar-refractivity contribution < 1.29 is 22.7 Å². The average Bonchev–Trinajstić information content (AvgIpc) is 2.56. The molecule has 84 valence electrons. The number of nitrogens with zero attached hydrogens (tertiary/aromatic N) is 1. The van der Waals surface area contributed by atoms with Crippen molar-refractivity contribution in [3.63, 3.8) is 0 Å². The average molecular weight is 248 g/mol. The number of carbonyl (C=O) groups is 1. The van der Waals surface area contributed by atoms with Crippen molar-refractivity contribution >= 4 is 27.9 Å². The number of carbonyl (C=O) groups excluding carboxylic acids is 1. The van der Waals surface area contributed by atoms with Crippen LogP contribution in [-0.4, -0.2) is 16.8 Å². The first-order chi connectivity index (χ1) is 7.56. The van der Waals surface area contributed by atoms with Gasteiger partial charge in [-0.25, -0.2) is 0 Å². The molecule has 7 heteroatoms. The minimum absolute atomic E-state index is 0.155. The van der Waals surface area contributed by atoms with Crippen molar-refractivity contribution in [3.8, 4) is 6.08 Å². The second-order valence-electron chi connectivity index (χ2n) is 2.81. The van der Waals surface area contributed by atoms with Crippen LogP contribution in [0, 0.1) is 0 Å². The number of hydrogen-bond donors (Lipinski definition) is 0. The Kier molecular flexibility index (Phi) is 2.74. The molecular weight excluding hydrogens is 244 g/mol. The molecule has 1 aromatic carbocycles. The van der Waals surface area contributed by atoms with E-state index in [1.165, 1.54) is 18.2 Å². The second-order valence-corrected chi connectivity index (χ2v) is 3.16. The summed E-state index contributed by atoms with van der Waals surface area (Å²) in [5, 5.41) is -0.672. The van der Waals surface area contributed by atoms with E-state index in [1.54, 1.807) is 0 Å². The van der Waals surface area contributed by atoms with E-state index in [4.69, 9.17) is 16.0 Å². The highest BCUT2D eigenvalue weighted by Gasteiger charge is 2.13. The van der Waals surface area contributed by atoms with Gasteiger partial charge < -0.3 is 9.15 Å². The van der Waals surface area contributed by atoms with Crippen molar-refractivity contribution in [2.45, 2.75) is 6.61 Å². The fourth-order valence-electron chi connectivity index (χ4n) is 1.15. The molecule has 0 amide bonds. The van der Waals surface area contributed by atoms with E-state index in [-0.39, 0.29) is 11.1 Å². The highest BCUT2D eigenvalue weighted by molar-refractivity contribution is 6.67. The van der Waals surface area contributed by atoms with Crippen molar-refractivity contribution in [3.05, 3.63) is 23.8 Å². The first kappa shape index (κ1) is 10.8. The van der Waals surface area contributed by atoms with Gasteiger partial charge in [0.1, 0.15) is 5.52 Å². The van der Waals surface area contributed by atoms with Crippen LogP contribution < -0.4 is 4.74 Å². The van der Waals surface area contributed by atoms with Crippen LogP contribution in [0.3, 0.4) is 0 Å². The maximum absolute atomic E-state index is 11.9. The predicted molar refractivity (Wildman–Crippen MR) is 50.8 cm³/mol. The minimum Gasteiger partial charge on any atom is -0.409 e. The van der Waals surface area contributed by atoms with Gasteiger partial charge in [-0.3, -0.25) is 4.79 Å². The molecule has 0 aliphatic heterocycles. The zero-order valence-electron chi connectivity index (χ0n) is 7.62. The highest BCUT2D eigenvalue weighted by Crippen LogP contribution is 2.23. The number of ether oxygens (including phenoxy) is 1. The van der Waals surface area contributed by atoms with Crippen molar-refractivity contribution in [2.75, 3.05) is 0 Å². The Morgan fingerprint density at radius 1 is 1.50 bits per heavy atom. The minimum atomic E-state index is -3.01. The van der Waals surface area contributed by atoms with E-state index in [2.05, 4.69) is 9.72 Å². The number of hydrogen-bond acceptors (Lipinski definition) is 4. The maximum Gasteiger partial charge on any atom is 0.399 e. The van der Waals surface area contributed by atoms with Gasteiger partial charge in [-0.15, -0.1) is 0 Å². The number of rotatable bonds is 3. The van der Waals surface area contributed by atoms with Gasteiger partial charge in [0.15, 0.2) is 5.58 Å². The third-order valence-electron chi connectivity index (χ3n) is 1.79. The lowest BCUT2D eigenvalue weighted by Gasteiger charge is -1.94. The van der Waals surface area contributed by atoms with Crippen molar-refractivity contribution in [1.29, 1.82) is 0 Å². The number of aromatic nitrogens is 1. The second kappa shape index (κ2) is 4.05. The van der Waals surface area contributed by atoms with Gasteiger partial charge in [0, 0.05) is 5.56 Å². The SMILES string of the molecule is O=C(Cl)c1ccc2nc(OC(F)F)oc2c1. The molecular formula is C9H4ClF2NO3. The molecule has 0 atom stereocenters. The summed E-state index contributed by atoms with van der Waals surface area (Å²) >= 11 is 5.24. The molecule has 0 aliphatic carbocycles. The Labute approximate surface area is 92.8 Å². The highest BCUT2D eigenvalue weighted by atomic mass is 35.5. The van der Waals surface area contributed by atoms with Crippen LogP contribution in [0.15, 0.2) is 22.6 Å². The smallest absolute Gasteiger partial charge is 0.399 e. The lowest BCUT2D eigenvalue weighted by atomic mass is 10.2. The van der Waals surface area contributed by atoms with E-state index in [0.717, 1.165) is 0 Å². The first-order valence-corrected chi connectivity index (χ1v) is 4.49. The Morgan fingerprint density at radius 3 is 2.88 bits per heavy atom. The summed E-state index contributed by atoms with van der Waals surface area (Å²) in [5.41, 5.74) is 0.647. The van der Waals surface area contributed by atoms with Crippen LogP contribution in [0.4, 0.5) is 8.78 Å². The fraction of sp³-hybridized carbons (Fsp3) is 0.111. The van der Waals surface area contributed by atoms with E-state index in [9.17, 15) is 13.6 Å². The summed E-state index contributed by atoms with van der Waals surface area (Å²) in [7, 11) is 0. The molecule has 0 radical (unpaired) electrons. The molecule has 0 saturated carbocycles. The van der Waals surface area contributed by atoms with Gasteiger partial charge >= 0.3 is 12.7 Å². The van der Waals surface area contributed by atoms with E-state index < -0.39 is 17.9 Å². The maximum atomic E-state index is 11.9. The Bertz CT molecular complexity index is 541. The fourth-order valence-corrected chi connectivity index (χ4v) is 1.27. The van der Waals surface area contributed by atoms with Gasteiger partial charge in [-0.1, -0.05) is 0 Å². The lowest BCUT2D eigenvalue weighted by molar-refractivity contribution is -0.0664. The summed E-state index contributed by atoms with van der Waals surface area (Å²) in [6.45, 7) is -3.01. The van der Waals surface area contributed by atoms with Crippen molar-refractivity contribution in [1.82, 2.24) is 4.98 Å². The quantitative estimate of drug-likeness (QED) is 0.783. The number of alkyl halides is 2. The first-order valence-electron chi connectivity index (χ1n) is 4.11. The van der Waals surface area contributed by atoms with Crippen LogP contribution in [-0.2, 0) is 0 Å². The number of halogens is 3. The molecule has 2 aromatic rings. The summed E-state index contributed by atoms with van der Waals surface area (Å²) < 4.78 is 32.5. The van der Waals surface area contributed by atoms with E-state index >= 15 is 0 Å². The van der Waals surface area contributed by atoms with E-state index in [0.29, 0.717) is 5.52 Å². The molecule has 0 unspecified atom stereocenters. The van der Waals surface area contributed by atoms with Crippen LogP contribution in [0.5, 0.6) is 6.08 Å². The third kappa shape index (κ3) is 2.11. The summed E-state index contributed by atoms with van der Waals surface area (Å²) in [6, 6.07) is 4.13. The van der Waals surface area contributed by atoms with Crippen LogP contribution in [0.2, 0.25) is 0 Å². The number of fused-ring (bicyclic) bond motifs is 1. The lowest BCUT2D eigenvalue weighted by Crippen LogP contribution is -2.01. The van der Waals surface area contributed by atoms with Crippen molar-refractivity contribution in [2.24, 2.45) is 0 Å². The molecule has 1 heterocycles. The molecule has 0 aliphatic rings. The Balaban J connectivity index is 2.42. The van der Waals surface area contributed by atoms with Crippen LogP contribution >= 0.6 is 11.6 Å². The van der Waals surface area contributed by atoms with Gasteiger partial charge in [0.25, 0.3) is 5.24 Å². The number of oxazole rings is 1. The van der Waals surface area contributed by atoms with Gasteiger partial charge in [-0.2, -0.15) is 13.8 Å². The van der Waals surface area contributed by atoms with Gasteiger partial charge in [-0.05, 0) is 29.8 Å². The number of benzene rings is 1. The zero-order valence-corrected chi connectivity index (χ0v) is 8.37. The van der Waals surface area contributed by atoms with Crippen LogP contribution in [0.1, 0.15) is 10.4 Å². The van der Waals surface area contributed by atoms with Crippen LogP contribution in [0.25, 0.3) is 11.1 Å². The largest absolute Gasteiger partial charge is 0.409 e. The molecule has 0 N–H and O–H groups in total. The predicted octanol–water partition coefficient (Wildman–Crippen LogP) is 2.81. The molecule has 16 heavy (non-hydrogen) atoms. The Hall–Kier alpha value is -1.69. The molecule has 1 aromatic heterocycles. The zero-order chi connectivity index (χ0) is 11.7. The molecule has 4 nitrogen and oxygen atoms in total. The summed E-state index contributed by atoms with van der Waals surface area (Å²) in [4.78, 5) is 14.5. The van der Waals surface area contributed by atoms with E-state index in [1.807, 2.05) is 0 Å². The topological polar surface area (TPSA) is 52.3 Å². The molecule has 0 saturated heterocycles. The molecule has 0 bridgehead atoms. The normalized spacial score (nSPS) is 11.0. The Morgan fingerprint density at radius 2 is 2.25 bits per heavy atom. The third-order valence-corrected chi connectivity index (χ3v) is 2.00. The monoisotopic (exact) mass is 247 g/mol. The summed E-state index contributed by atoms with van der Waals surface area (Å²) in [6.07, 6.45) is -0.552. The van der Waals surface area contributed by atoms with Gasteiger partial charge in [0.05, 0.1) is 0 Å². The molecule has 2 rings (SSSR count). The standard InChI is InChI=1S/C9H4ClF2NO3/c10-7(14)4-1-2-5-6(3-4)15-9(13-5)16-8(11)12/h1-3,8H. The molecule has 0 fully saturated rings. The van der Waals surface area contributed by atoms with Gasteiger partial charge in [0.2, 0.25) is 0 Å².